The first-order valence-electron chi connectivity index (χ1n) is 12.2. The van der Waals surface area contributed by atoms with Gasteiger partial charge in [0, 0.05) is 36.2 Å². The highest BCUT2D eigenvalue weighted by atomic mass is 16.5. The highest BCUT2D eigenvalue weighted by molar-refractivity contribution is 5.86. The van der Waals surface area contributed by atoms with E-state index in [1.807, 2.05) is 54.6 Å². The zero-order valence-corrected chi connectivity index (χ0v) is 19.9. The summed E-state index contributed by atoms with van der Waals surface area (Å²) in [7, 11) is 0. The molecule has 0 spiro atoms. The predicted octanol–water partition coefficient (Wildman–Crippen LogP) is 5.16. The van der Waals surface area contributed by atoms with E-state index in [0.717, 1.165) is 49.4 Å². The van der Waals surface area contributed by atoms with E-state index in [1.54, 1.807) is 5.48 Å². The smallest absolute Gasteiger partial charge is 0.255 e. The number of ether oxygens (including phenoxy) is 1. The van der Waals surface area contributed by atoms with Crippen LogP contribution >= 0.6 is 0 Å². The van der Waals surface area contributed by atoms with Crippen molar-refractivity contribution in [2.75, 3.05) is 13.1 Å². The fourth-order valence-electron chi connectivity index (χ4n) is 5.08. The summed E-state index contributed by atoms with van der Waals surface area (Å²) >= 11 is 0. The van der Waals surface area contributed by atoms with Gasteiger partial charge in [-0.1, -0.05) is 60.7 Å². The van der Waals surface area contributed by atoms with Crippen molar-refractivity contribution in [2.24, 2.45) is 0 Å². The number of aryl methyl sites for hydroxylation is 1. The van der Waals surface area contributed by atoms with Gasteiger partial charge in [-0.25, -0.2) is 5.48 Å². The number of rotatable bonds is 7. The third-order valence-corrected chi connectivity index (χ3v) is 6.96. The Labute approximate surface area is 205 Å². The second-order valence-electron chi connectivity index (χ2n) is 9.26. The van der Waals surface area contributed by atoms with E-state index in [2.05, 4.69) is 41.1 Å². The second kappa shape index (κ2) is 10.3. The summed E-state index contributed by atoms with van der Waals surface area (Å²) in [5, 5.41) is 10.6. The molecule has 1 fully saturated rings. The van der Waals surface area contributed by atoms with Gasteiger partial charge in [-0.15, -0.1) is 0 Å². The number of aromatic nitrogens is 1. The molecule has 2 heterocycles. The van der Waals surface area contributed by atoms with Crippen LogP contribution in [0.1, 0.15) is 41.1 Å². The van der Waals surface area contributed by atoms with Crippen molar-refractivity contribution in [2.45, 2.75) is 38.3 Å². The number of para-hydroxylation sites is 1. The number of amides is 1. The average molecular weight is 470 g/mol. The molecule has 3 aromatic carbocycles. The average Bonchev–Trinajstić information content (AvgIpc) is 3.21. The number of H-pyrrole nitrogens is 1. The topological polar surface area (TPSA) is 77.6 Å². The summed E-state index contributed by atoms with van der Waals surface area (Å²) in [4.78, 5) is 18.4. The maximum absolute atomic E-state index is 12.4. The summed E-state index contributed by atoms with van der Waals surface area (Å²) in [5.41, 5.74) is 7.26. The molecule has 0 aliphatic carbocycles. The maximum Gasteiger partial charge on any atom is 0.255 e. The van der Waals surface area contributed by atoms with Gasteiger partial charge in [-0.05, 0) is 54.7 Å². The number of hydrogen-bond acceptors (Lipinski definition) is 4. The Kier molecular flexibility index (Phi) is 6.84. The van der Waals surface area contributed by atoms with Gasteiger partial charge in [-0.2, -0.15) is 0 Å². The molecule has 3 N–H and O–H groups in total. The van der Waals surface area contributed by atoms with Gasteiger partial charge in [0.25, 0.3) is 5.91 Å². The SMILES string of the molecule is Cc1[nH]c2ccccc2c1CN1CCC(Oc2ccc(C(C(=O)NO)c3ccccc3)cc2)CC1. The largest absolute Gasteiger partial charge is 0.490 e. The fourth-order valence-corrected chi connectivity index (χ4v) is 5.08. The lowest BCUT2D eigenvalue weighted by atomic mass is 9.90. The minimum atomic E-state index is -0.577. The molecule has 180 valence electrons. The molecule has 1 atom stereocenters. The van der Waals surface area contributed by atoms with Crippen molar-refractivity contribution < 1.29 is 14.7 Å². The molecule has 6 heteroatoms. The number of aromatic amines is 1. The molecule has 1 saturated heterocycles. The number of hydrogen-bond donors (Lipinski definition) is 3. The number of likely N-dealkylation sites (tertiary alicyclic amines) is 1. The van der Waals surface area contributed by atoms with Crippen molar-refractivity contribution in [1.82, 2.24) is 15.4 Å². The molecule has 6 nitrogen and oxygen atoms in total. The normalized spacial score (nSPS) is 15.7. The van der Waals surface area contributed by atoms with Crippen molar-refractivity contribution in [3.8, 4) is 5.75 Å². The van der Waals surface area contributed by atoms with Gasteiger partial charge >= 0.3 is 0 Å². The number of hydroxylamine groups is 1. The molecule has 5 rings (SSSR count). The van der Waals surface area contributed by atoms with Crippen LogP contribution < -0.4 is 10.2 Å². The fraction of sp³-hybridized carbons (Fsp3) is 0.276. The van der Waals surface area contributed by atoms with E-state index in [0.29, 0.717) is 0 Å². The number of piperidine rings is 1. The number of carbonyl (C=O) groups excluding carboxylic acids is 1. The Morgan fingerprint density at radius 1 is 1.00 bits per heavy atom. The highest BCUT2D eigenvalue weighted by Crippen LogP contribution is 2.29. The van der Waals surface area contributed by atoms with Crippen LogP contribution in [0.15, 0.2) is 78.9 Å². The van der Waals surface area contributed by atoms with Crippen molar-refractivity contribution >= 4 is 16.8 Å². The lowest BCUT2D eigenvalue weighted by molar-refractivity contribution is -0.129. The number of carbonyl (C=O) groups is 1. The van der Waals surface area contributed by atoms with Crippen molar-refractivity contribution in [3.05, 3.63) is 101 Å². The monoisotopic (exact) mass is 469 g/mol. The third-order valence-electron chi connectivity index (χ3n) is 6.96. The van der Waals surface area contributed by atoms with E-state index in [-0.39, 0.29) is 6.10 Å². The standard InChI is InChI=1S/C29H31N3O3/c1-20-26(25-9-5-6-10-27(25)30-20)19-32-17-15-24(16-18-32)35-23-13-11-22(12-14-23)28(29(33)31-34)21-7-3-2-4-8-21/h2-14,24,28,30,34H,15-19H2,1H3,(H,31,33). The summed E-state index contributed by atoms with van der Waals surface area (Å²) in [5.74, 6) is -0.231. The maximum atomic E-state index is 12.4. The van der Waals surface area contributed by atoms with Crippen LogP contribution in [0.4, 0.5) is 0 Å². The molecule has 1 unspecified atom stereocenters. The van der Waals surface area contributed by atoms with E-state index >= 15 is 0 Å². The van der Waals surface area contributed by atoms with Gasteiger partial charge < -0.3 is 9.72 Å². The van der Waals surface area contributed by atoms with Crippen LogP contribution in [-0.2, 0) is 11.3 Å². The van der Waals surface area contributed by atoms with Crippen molar-refractivity contribution in [3.63, 3.8) is 0 Å². The molecule has 1 amide bonds. The third kappa shape index (κ3) is 5.09. The van der Waals surface area contributed by atoms with E-state index in [1.165, 1.54) is 22.2 Å². The number of benzene rings is 3. The van der Waals surface area contributed by atoms with Crippen LogP contribution in [0.5, 0.6) is 5.75 Å². The lowest BCUT2D eigenvalue weighted by Gasteiger charge is -2.32. The Hall–Kier alpha value is -3.61. The van der Waals surface area contributed by atoms with Gasteiger partial charge in [-0.3, -0.25) is 14.9 Å². The van der Waals surface area contributed by atoms with Crippen LogP contribution in [0.25, 0.3) is 10.9 Å². The summed E-state index contributed by atoms with van der Waals surface area (Å²) < 4.78 is 6.28. The first kappa shape index (κ1) is 23.1. The molecular weight excluding hydrogens is 438 g/mol. The highest BCUT2D eigenvalue weighted by Gasteiger charge is 2.24. The van der Waals surface area contributed by atoms with Crippen molar-refractivity contribution in [1.29, 1.82) is 0 Å². The minimum Gasteiger partial charge on any atom is -0.490 e. The van der Waals surface area contributed by atoms with Gasteiger partial charge in [0.2, 0.25) is 0 Å². The molecule has 1 aliphatic heterocycles. The predicted molar refractivity (Wildman–Crippen MR) is 137 cm³/mol. The minimum absolute atomic E-state index is 0.173. The Balaban J connectivity index is 1.19. The Morgan fingerprint density at radius 3 is 2.37 bits per heavy atom. The first-order valence-corrected chi connectivity index (χ1v) is 12.2. The Bertz CT molecular complexity index is 1280. The summed E-state index contributed by atoms with van der Waals surface area (Å²) in [6.07, 6.45) is 2.12. The molecule has 0 saturated carbocycles. The van der Waals surface area contributed by atoms with Gasteiger partial charge in [0.05, 0.1) is 5.92 Å². The van der Waals surface area contributed by atoms with Gasteiger partial charge in [0.1, 0.15) is 11.9 Å². The van der Waals surface area contributed by atoms with E-state index < -0.39 is 11.8 Å². The first-order chi connectivity index (χ1) is 17.1. The molecule has 4 aromatic rings. The second-order valence-corrected chi connectivity index (χ2v) is 9.26. The molecule has 1 aliphatic rings. The number of fused-ring (bicyclic) bond motifs is 1. The number of nitrogens with one attached hydrogen (secondary N) is 2. The molecular formula is C29H31N3O3. The lowest BCUT2D eigenvalue weighted by Crippen LogP contribution is -2.37. The van der Waals surface area contributed by atoms with E-state index in [4.69, 9.17) is 4.74 Å². The quantitative estimate of drug-likeness (QED) is 0.258. The van der Waals surface area contributed by atoms with Crippen LogP contribution in [0.3, 0.4) is 0 Å². The van der Waals surface area contributed by atoms with Crippen LogP contribution in [0, 0.1) is 6.92 Å². The van der Waals surface area contributed by atoms with E-state index in [9.17, 15) is 10.0 Å². The Morgan fingerprint density at radius 2 is 1.66 bits per heavy atom. The number of nitrogens with zero attached hydrogens (tertiary/aromatic N) is 1. The summed E-state index contributed by atoms with van der Waals surface area (Å²) in [6, 6.07) is 25.6. The molecule has 1 aromatic heterocycles. The molecule has 35 heavy (non-hydrogen) atoms. The van der Waals surface area contributed by atoms with Crippen LogP contribution in [-0.4, -0.2) is 40.2 Å². The zero-order valence-electron chi connectivity index (χ0n) is 19.9. The summed E-state index contributed by atoms with van der Waals surface area (Å²) in [6.45, 7) is 5.09. The van der Waals surface area contributed by atoms with Crippen LogP contribution in [0.2, 0.25) is 0 Å². The van der Waals surface area contributed by atoms with Gasteiger partial charge in [0.15, 0.2) is 0 Å². The molecule has 0 bridgehead atoms. The molecule has 0 radical (unpaired) electrons. The zero-order chi connectivity index (χ0) is 24.2.